The lowest BCUT2D eigenvalue weighted by Gasteiger charge is -2.13. The third-order valence-corrected chi connectivity index (χ3v) is 3.65. The van der Waals surface area contributed by atoms with Gasteiger partial charge in [-0.25, -0.2) is 4.98 Å². The summed E-state index contributed by atoms with van der Waals surface area (Å²) >= 11 is 0. The van der Waals surface area contributed by atoms with Crippen molar-refractivity contribution in [2.75, 3.05) is 0 Å². The highest BCUT2D eigenvalue weighted by Crippen LogP contribution is 2.21. The molecule has 0 amide bonds. The predicted molar refractivity (Wildman–Crippen MR) is 86.2 cm³/mol. The van der Waals surface area contributed by atoms with Crippen LogP contribution in [0.25, 0.3) is 11.1 Å². The maximum atomic E-state index is 5.47. The zero-order chi connectivity index (χ0) is 15.4. The lowest BCUT2D eigenvalue weighted by molar-refractivity contribution is 0.432. The van der Waals surface area contributed by atoms with E-state index in [0.29, 0.717) is 6.54 Å². The fourth-order valence-corrected chi connectivity index (χ4v) is 2.35. The lowest BCUT2D eigenvalue weighted by Crippen LogP contribution is -2.18. The van der Waals surface area contributed by atoms with Gasteiger partial charge in [-0.15, -0.1) is 0 Å². The monoisotopic (exact) mass is 293 g/mol. The van der Waals surface area contributed by atoms with Crippen molar-refractivity contribution in [1.29, 1.82) is 0 Å². The molecule has 4 nitrogen and oxygen atoms in total. The number of rotatable bonds is 5. The molecule has 1 atom stereocenters. The molecule has 0 bridgehead atoms. The molecular formula is C18H19N3O. The third-order valence-electron chi connectivity index (χ3n) is 3.65. The van der Waals surface area contributed by atoms with Crippen molar-refractivity contribution in [3.05, 3.63) is 72.2 Å². The van der Waals surface area contributed by atoms with Crippen LogP contribution < -0.4 is 5.32 Å². The number of oxazole rings is 1. The normalized spacial score (nSPS) is 12.3. The first-order valence-electron chi connectivity index (χ1n) is 7.37. The number of nitrogens with one attached hydrogen (secondary N) is 1. The smallest absolute Gasteiger partial charge is 0.208 e. The number of aromatic nitrogens is 2. The molecule has 0 saturated heterocycles. The molecule has 0 unspecified atom stereocenters. The standard InChI is InChI=1S/C18H19N3O/c1-13-11-21-18(22-13)12-20-14(2)15-3-5-16(6-4-15)17-7-9-19-10-8-17/h3-11,14,20H,12H2,1-2H3/t14-/m0/s1. The average Bonchev–Trinajstić information content (AvgIpc) is 2.99. The van der Waals surface area contributed by atoms with Gasteiger partial charge in [-0.3, -0.25) is 4.98 Å². The van der Waals surface area contributed by atoms with Crippen LogP contribution in [-0.4, -0.2) is 9.97 Å². The summed E-state index contributed by atoms with van der Waals surface area (Å²) in [5.41, 5.74) is 3.61. The van der Waals surface area contributed by atoms with Crippen LogP contribution in [0.5, 0.6) is 0 Å². The molecule has 0 radical (unpaired) electrons. The molecule has 0 aliphatic carbocycles. The zero-order valence-corrected chi connectivity index (χ0v) is 12.8. The maximum absolute atomic E-state index is 5.47. The molecular weight excluding hydrogens is 274 g/mol. The number of nitrogens with zero attached hydrogens (tertiary/aromatic N) is 2. The Balaban J connectivity index is 1.64. The number of hydrogen-bond donors (Lipinski definition) is 1. The predicted octanol–water partition coefficient (Wildman–Crippen LogP) is 3.90. The van der Waals surface area contributed by atoms with Crippen LogP contribution in [0.2, 0.25) is 0 Å². The number of aryl methyl sites for hydroxylation is 1. The fourth-order valence-electron chi connectivity index (χ4n) is 2.35. The third kappa shape index (κ3) is 3.40. The van der Waals surface area contributed by atoms with E-state index in [0.717, 1.165) is 11.7 Å². The van der Waals surface area contributed by atoms with Gasteiger partial charge in [0, 0.05) is 18.4 Å². The molecule has 0 aliphatic rings. The van der Waals surface area contributed by atoms with Gasteiger partial charge in [0.05, 0.1) is 12.7 Å². The topological polar surface area (TPSA) is 51.0 Å². The Morgan fingerprint density at radius 1 is 1.05 bits per heavy atom. The highest BCUT2D eigenvalue weighted by molar-refractivity contribution is 5.62. The van der Waals surface area contributed by atoms with Gasteiger partial charge in [0.15, 0.2) is 0 Å². The SMILES string of the molecule is Cc1cnc(CN[C@@H](C)c2ccc(-c3ccncc3)cc2)o1. The highest BCUT2D eigenvalue weighted by atomic mass is 16.4. The molecule has 1 N–H and O–H groups in total. The second-order valence-electron chi connectivity index (χ2n) is 5.33. The summed E-state index contributed by atoms with van der Waals surface area (Å²) in [6.07, 6.45) is 5.36. The van der Waals surface area contributed by atoms with E-state index in [1.165, 1.54) is 16.7 Å². The van der Waals surface area contributed by atoms with Crippen molar-refractivity contribution in [1.82, 2.24) is 15.3 Å². The molecule has 4 heteroatoms. The molecule has 0 spiro atoms. The van der Waals surface area contributed by atoms with E-state index in [9.17, 15) is 0 Å². The molecule has 0 fully saturated rings. The van der Waals surface area contributed by atoms with Gasteiger partial charge in [-0.2, -0.15) is 0 Å². The average molecular weight is 293 g/mol. The highest BCUT2D eigenvalue weighted by Gasteiger charge is 2.07. The first-order chi connectivity index (χ1) is 10.7. The van der Waals surface area contributed by atoms with Crippen LogP contribution in [0.4, 0.5) is 0 Å². The van der Waals surface area contributed by atoms with Gasteiger partial charge in [0.2, 0.25) is 5.89 Å². The van der Waals surface area contributed by atoms with E-state index in [4.69, 9.17) is 4.42 Å². The van der Waals surface area contributed by atoms with Crippen LogP contribution in [-0.2, 0) is 6.54 Å². The quantitative estimate of drug-likeness (QED) is 0.775. The summed E-state index contributed by atoms with van der Waals surface area (Å²) in [5, 5.41) is 3.42. The Labute approximate surface area is 130 Å². The minimum Gasteiger partial charge on any atom is -0.445 e. The van der Waals surface area contributed by atoms with Gasteiger partial charge in [0.25, 0.3) is 0 Å². The van der Waals surface area contributed by atoms with Gasteiger partial charge in [0.1, 0.15) is 5.76 Å². The second kappa shape index (κ2) is 6.54. The van der Waals surface area contributed by atoms with E-state index in [1.807, 2.05) is 31.5 Å². The number of hydrogen-bond acceptors (Lipinski definition) is 4. The summed E-state index contributed by atoms with van der Waals surface area (Å²) in [6.45, 7) is 4.66. The Morgan fingerprint density at radius 3 is 2.36 bits per heavy atom. The molecule has 3 aromatic rings. The first kappa shape index (κ1) is 14.5. The summed E-state index contributed by atoms with van der Waals surface area (Å²) in [4.78, 5) is 8.25. The number of pyridine rings is 1. The second-order valence-corrected chi connectivity index (χ2v) is 5.33. The van der Waals surface area contributed by atoms with Crippen molar-refractivity contribution in [3.8, 4) is 11.1 Å². The van der Waals surface area contributed by atoms with Crippen molar-refractivity contribution in [2.45, 2.75) is 26.4 Å². The molecule has 0 aliphatic heterocycles. The Bertz CT molecular complexity index is 720. The maximum Gasteiger partial charge on any atom is 0.208 e. The number of benzene rings is 1. The summed E-state index contributed by atoms with van der Waals surface area (Å²) in [7, 11) is 0. The van der Waals surface area contributed by atoms with Crippen LogP contribution >= 0.6 is 0 Å². The first-order valence-corrected chi connectivity index (χ1v) is 7.37. The molecule has 2 aromatic heterocycles. The van der Waals surface area contributed by atoms with E-state index >= 15 is 0 Å². The fraction of sp³-hybridized carbons (Fsp3) is 0.222. The molecule has 112 valence electrons. The molecule has 3 rings (SSSR count). The van der Waals surface area contributed by atoms with Crippen LogP contribution in [0.3, 0.4) is 0 Å². The van der Waals surface area contributed by atoms with E-state index in [1.54, 1.807) is 6.20 Å². The van der Waals surface area contributed by atoms with E-state index < -0.39 is 0 Å². The molecule has 0 saturated carbocycles. The lowest BCUT2D eigenvalue weighted by atomic mass is 10.0. The Kier molecular flexibility index (Phi) is 4.30. The van der Waals surface area contributed by atoms with Gasteiger partial charge >= 0.3 is 0 Å². The Morgan fingerprint density at radius 2 is 1.73 bits per heavy atom. The molecule has 1 aromatic carbocycles. The largest absolute Gasteiger partial charge is 0.445 e. The van der Waals surface area contributed by atoms with Gasteiger partial charge in [-0.05, 0) is 42.7 Å². The summed E-state index contributed by atoms with van der Waals surface area (Å²) < 4.78 is 5.47. The minimum atomic E-state index is 0.235. The van der Waals surface area contributed by atoms with Crippen molar-refractivity contribution >= 4 is 0 Å². The van der Waals surface area contributed by atoms with Crippen LogP contribution in [0, 0.1) is 6.92 Å². The minimum absolute atomic E-state index is 0.235. The van der Waals surface area contributed by atoms with E-state index in [-0.39, 0.29) is 6.04 Å². The van der Waals surface area contributed by atoms with Crippen molar-refractivity contribution < 1.29 is 4.42 Å². The Hall–Kier alpha value is -2.46. The zero-order valence-electron chi connectivity index (χ0n) is 12.8. The van der Waals surface area contributed by atoms with Gasteiger partial charge < -0.3 is 9.73 Å². The van der Waals surface area contributed by atoms with Crippen LogP contribution in [0.1, 0.15) is 30.2 Å². The van der Waals surface area contributed by atoms with Gasteiger partial charge in [-0.1, -0.05) is 24.3 Å². The summed E-state index contributed by atoms with van der Waals surface area (Å²) in [5.74, 6) is 1.56. The molecule has 22 heavy (non-hydrogen) atoms. The van der Waals surface area contributed by atoms with Crippen LogP contribution in [0.15, 0.2) is 59.4 Å². The van der Waals surface area contributed by atoms with Crippen molar-refractivity contribution in [3.63, 3.8) is 0 Å². The van der Waals surface area contributed by atoms with E-state index in [2.05, 4.69) is 46.5 Å². The molecule has 2 heterocycles. The summed E-state index contributed by atoms with van der Waals surface area (Å²) in [6, 6.07) is 12.8. The van der Waals surface area contributed by atoms with Crippen molar-refractivity contribution in [2.24, 2.45) is 0 Å².